The first-order chi connectivity index (χ1) is 15.9. The molecule has 0 radical (unpaired) electrons. The first-order valence-electron chi connectivity index (χ1n) is 13.1. The van der Waals surface area contributed by atoms with Crippen molar-refractivity contribution >= 4 is 5.78 Å². The Kier molecular flexibility index (Phi) is 6.46. The van der Waals surface area contributed by atoms with Crippen LogP contribution >= 0.6 is 0 Å². The summed E-state index contributed by atoms with van der Waals surface area (Å²) in [6, 6.07) is 0. The molecule has 7 N–H and O–H groups in total. The zero-order valence-corrected chi connectivity index (χ0v) is 21.6. The van der Waals surface area contributed by atoms with Gasteiger partial charge in [0.25, 0.3) is 0 Å². The zero-order chi connectivity index (χ0) is 26.4. The first-order valence-corrected chi connectivity index (χ1v) is 13.1. The second-order valence-electron chi connectivity index (χ2n) is 13.2. The molecule has 11 atom stereocenters. The van der Waals surface area contributed by atoms with Gasteiger partial charge in [0.05, 0.1) is 35.1 Å². The molecule has 35 heavy (non-hydrogen) atoms. The van der Waals surface area contributed by atoms with Gasteiger partial charge in [-0.25, -0.2) is 0 Å². The molecule has 8 heteroatoms. The lowest BCUT2D eigenvalue weighted by atomic mass is 9.45. The van der Waals surface area contributed by atoms with Crippen molar-refractivity contribution in [1.82, 2.24) is 0 Å². The largest absolute Gasteiger partial charge is 0.390 e. The Morgan fingerprint density at radius 1 is 1.06 bits per heavy atom. The molecule has 3 saturated carbocycles. The summed E-state index contributed by atoms with van der Waals surface area (Å²) in [7, 11) is 0. The smallest absolute Gasteiger partial charge is 0.159 e. The van der Waals surface area contributed by atoms with Gasteiger partial charge in [-0.2, -0.15) is 0 Å². The number of fused-ring (bicyclic) bond motifs is 5. The van der Waals surface area contributed by atoms with E-state index in [2.05, 4.69) is 0 Å². The number of aliphatic hydroxyl groups is 7. The van der Waals surface area contributed by atoms with Crippen LogP contribution in [-0.4, -0.2) is 82.7 Å². The van der Waals surface area contributed by atoms with Gasteiger partial charge in [0.2, 0.25) is 0 Å². The van der Waals surface area contributed by atoms with Crippen molar-refractivity contribution < 1.29 is 40.5 Å². The van der Waals surface area contributed by atoms with Crippen molar-refractivity contribution in [2.45, 2.75) is 121 Å². The van der Waals surface area contributed by atoms with Crippen molar-refractivity contribution in [2.75, 3.05) is 0 Å². The van der Waals surface area contributed by atoms with E-state index in [1.54, 1.807) is 27.7 Å². The van der Waals surface area contributed by atoms with E-state index in [4.69, 9.17) is 0 Å². The summed E-state index contributed by atoms with van der Waals surface area (Å²) in [5, 5.41) is 76.6. The summed E-state index contributed by atoms with van der Waals surface area (Å²) in [4.78, 5) is 13.3. The Morgan fingerprint density at radius 3 is 2.29 bits per heavy atom. The van der Waals surface area contributed by atoms with E-state index in [0.29, 0.717) is 37.7 Å². The highest BCUT2D eigenvalue weighted by molar-refractivity contribution is 5.95. The van der Waals surface area contributed by atoms with Gasteiger partial charge in [-0.1, -0.05) is 13.8 Å². The summed E-state index contributed by atoms with van der Waals surface area (Å²) in [6.45, 7) is 8.59. The molecule has 4 aliphatic carbocycles. The fourth-order valence-electron chi connectivity index (χ4n) is 8.35. The maximum absolute atomic E-state index is 13.3. The van der Waals surface area contributed by atoms with Crippen LogP contribution in [0, 0.1) is 28.6 Å². The minimum absolute atomic E-state index is 0.0638. The van der Waals surface area contributed by atoms with Crippen LogP contribution in [0.1, 0.15) is 79.6 Å². The summed E-state index contributed by atoms with van der Waals surface area (Å²) in [5.41, 5.74) is -5.21. The lowest BCUT2D eigenvalue weighted by molar-refractivity contribution is -0.205. The van der Waals surface area contributed by atoms with Gasteiger partial charge in [0.15, 0.2) is 5.78 Å². The second kappa shape index (κ2) is 8.32. The number of carbonyl (C=O) groups excluding carboxylic acids is 1. The molecule has 0 spiro atoms. The van der Waals surface area contributed by atoms with Crippen molar-refractivity contribution in [2.24, 2.45) is 28.6 Å². The average Bonchev–Trinajstić information content (AvgIpc) is 3.04. The fraction of sp³-hybridized carbons (Fsp3) is 0.889. The quantitative estimate of drug-likeness (QED) is 0.295. The van der Waals surface area contributed by atoms with Crippen LogP contribution in [0.2, 0.25) is 0 Å². The van der Waals surface area contributed by atoms with E-state index in [0.717, 1.165) is 0 Å². The summed E-state index contributed by atoms with van der Waals surface area (Å²) < 4.78 is 0. The van der Waals surface area contributed by atoms with Crippen LogP contribution in [0.3, 0.4) is 0 Å². The van der Waals surface area contributed by atoms with Gasteiger partial charge in [0, 0.05) is 16.7 Å². The number of rotatable bonds is 5. The van der Waals surface area contributed by atoms with Gasteiger partial charge < -0.3 is 35.7 Å². The van der Waals surface area contributed by atoms with Crippen molar-refractivity contribution in [3.8, 4) is 0 Å². The van der Waals surface area contributed by atoms with Crippen molar-refractivity contribution in [3.05, 3.63) is 11.6 Å². The van der Waals surface area contributed by atoms with Crippen molar-refractivity contribution in [3.63, 3.8) is 0 Å². The number of aliphatic hydroxyl groups excluding tert-OH is 4. The van der Waals surface area contributed by atoms with E-state index in [1.807, 2.05) is 6.92 Å². The standard InChI is InChI=1S/C27H44O8/c1-23(2,33)9-8-20(30)26(5,34)19-7-11-27(35)15-12-17(28)16-13-18(29)21(31)22(32)25(16,4)14(15)6-10-24(19,27)3/h12,14,16,18-22,29-35H,6-11,13H2,1-5H3/t14-,16-,18+,19-,20+,21+,22+,24+,25+,26+,27?/m0/s1. The summed E-state index contributed by atoms with van der Waals surface area (Å²) >= 11 is 0. The predicted molar refractivity (Wildman–Crippen MR) is 128 cm³/mol. The zero-order valence-electron chi connectivity index (χ0n) is 21.6. The van der Waals surface area contributed by atoms with Gasteiger partial charge in [-0.15, -0.1) is 0 Å². The van der Waals surface area contributed by atoms with E-state index >= 15 is 0 Å². The van der Waals surface area contributed by atoms with Crippen LogP contribution < -0.4 is 0 Å². The average molecular weight is 497 g/mol. The van der Waals surface area contributed by atoms with Crippen LogP contribution in [0.5, 0.6) is 0 Å². The molecule has 0 heterocycles. The van der Waals surface area contributed by atoms with E-state index in [-0.39, 0.29) is 24.5 Å². The van der Waals surface area contributed by atoms with E-state index < -0.39 is 63.9 Å². The lowest BCUT2D eigenvalue weighted by Gasteiger charge is -2.61. The van der Waals surface area contributed by atoms with Crippen LogP contribution in [0.25, 0.3) is 0 Å². The van der Waals surface area contributed by atoms with Gasteiger partial charge >= 0.3 is 0 Å². The number of hydrogen-bond donors (Lipinski definition) is 7. The SMILES string of the molecule is CC(C)(O)CC[C@@H](O)[C@](C)(O)[C@H]1CCC2(O)C3=CC(=O)[C@@H]4C[C@@H](O)[C@@H](O)[C@@H](O)[C@]4(C)[C@H]3CC[C@]12C. The number of hydrogen-bond acceptors (Lipinski definition) is 8. The highest BCUT2D eigenvalue weighted by Gasteiger charge is 2.70. The number of ketones is 1. The minimum Gasteiger partial charge on any atom is -0.390 e. The molecule has 0 saturated heterocycles. The molecule has 200 valence electrons. The van der Waals surface area contributed by atoms with Crippen molar-refractivity contribution in [1.29, 1.82) is 0 Å². The third kappa shape index (κ3) is 3.78. The highest BCUT2D eigenvalue weighted by Crippen LogP contribution is 2.68. The fourth-order valence-corrected chi connectivity index (χ4v) is 8.35. The predicted octanol–water partition coefficient (Wildman–Crippen LogP) is 0.825. The Labute approximate surface area is 207 Å². The number of allylic oxidation sites excluding steroid dienone is 1. The van der Waals surface area contributed by atoms with Crippen LogP contribution in [0.15, 0.2) is 11.6 Å². The first kappa shape index (κ1) is 27.2. The van der Waals surface area contributed by atoms with Gasteiger partial charge in [-0.3, -0.25) is 4.79 Å². The normalized spacial score (nSPS) is 48.3. The molecular weight excluding hydrogens is 452 g/mol. The topological polar surface area (TPSA) is 159 Å². The third-order valence-corrected chi connectivity index (χ3v) is 10.7. The molecule has 0 aromatic heterocycles. The molecule has 3 fully saturated rings. The maximum Gasteiger partial charge on any atom is 0.159 e. The third-order valence-electron chi connectivity index (χ3n) is 10.7. The molecule has 4 rings (SSSR count). The highest BCUT2D eigenvalue weighted by atomic mass is 16.4. The Morgan fingerprint density at radius 2 is 1.69 bits per heavy atom. The lowest BCUT2D eigenvalue weighted by Crippen LogP contribution is -2.66. The molecule has 8 nitrogen and oxygen atoms in total. The maximum atomic E-state index is 13.3. The molecule has 4 aliphatic rings. The second-order valence-corrected chi connectivity index (χ2v) is 13.2. The summed E-state index contributed by atoms with van der Waals surface area (Å²) in [6.07, 6.45) is -1.09. The van der Waals surface area contributed by atoms with Gasteiger partial charge in [-0.05, 0) is 89.2 Å². The molecule has 1 unspecified atom stereocenters. The Hall–Kier alpha value is -0.870. The number of carbonyl (C=O) groups is 1. The van der Waals surface area contributed by atoms with Gasteiger partial charge in [0.1, 0.15) is 6.10 Å². The summed E-state index contributed by atoms with van der Waals surface area (Å²) in [5.74, 6) is -1.73. The molecular formula is C27H44O8. The monoisotopic (exact) mass is 496 g/mol. The molecule has 0 amide bonds. The molecule has 0 bridgehead atoms. The minimum atomic E-state index is -1.52. The van der Waals surface area contributed by atoms with Crippen LogP contribution in [-0.2, 0) is 4.79 Å². The molecule has 0 aliphatic heterocycles. The van der Waals surface area contributed by atoms with E-state index in [9.17, 15) is 40.5 Å². The molecule has 0 aromatic carbocycles. The Balaban J connectivity index is 1.69. The molecule has 0 aromatic rings. The van der Waals surface area contributed by atoms with Crippen LogP contribution in [0.4, 0.5) is 0 Å². The Bertz CT molecular complexity index is 892. The van der Waals surface area contributed by atoms with E-state index in [1.165, 1.54) is 6.08 Å².